The number of hydrogen-bond acceptors (Lipinski definition) is 5. The van der Waals surface area contributed by atoms with Crippen molar-refractivity contribution in [1.29, 1.82) is 0 Å². The highest BCUT2D eigenvalue weighted by Gasteiger charge is 2.17. The van der Waals surface area contributed by atoms with Crippen LogP contribution < -0.4 is 0 Å². The summed E-state index contributed by atoms with van der Waals surface area (Å²) in [7, 11) is 2.77. The first-order valence-electron chi connectivity index (χ1n) is 6.60. The molecule has 1 N–H and O–H groups in total. The largest absolute Gasteiger partial charge is 0.465 e. The van der Waals surface area contributed by atoms with Crippen molar-refractivity contribution in [3.05, 3.63) is 52.6 Å². The summed E-state index contributed by atoms with van der Waals surface area (Å²) in [5.41, 5.74) is 1.62. The molecule has 1 aromatic carbocycles. The molecule has 2 rings (SSSR count). The Bertz CT molecular complexity index is 670. The number of aliphatic hydroxyl groups is 1. The van der Waals surface area contributed by atoms with Gasteiger partial charge in [-0.2, -0.15) is 5.10 Å². The molecule has 0 spiro atoms. The molecule has 0 saturated heterocycles. The fourth-order valence-electron chi connectivity index (χ4n) is 2.06. The Kier molecular flexibility index (Phi) is 5.24. The maximum Gasteiger partial charge on any atom is 0.341 e. The molecule has 0 atom stereocenters. The van der Waals surface area contributed by atoms with Crippen LogP contribution in [0.25, 0.3) is 0 Å². The Morgan fingerprint density at radius 1 is 1.41 bits per heavy atom. The molecule has 0 radical (unpaired) electrons. The molecule has 0 aliphatic rings. The molecule has 6 nitrogen and oxygen atoms in total. The van der Waals surface area contributed by atoms with Crippen LogP contribution >= 0.6 is 0 Å². The molecule has 22 heavy (non-hydrogen) atoms. The summed E-state index contributed by atoms with van der Waals surface area (Å²) < 4.78 is 25.1. The van der Waals surface area contributed by atoms with E-state index in [2.05, 4.69) is 5.10 Å². The highest BCUT2D eigenvalue weighted by molar-refractivity contribution is 5.90. The summed E-state index contributed by atoms with van der Waals surface area (Å²) in [6.07, 6.45) is 1.50. The van der Waals surface area contributed by atoms with E-state index < -0.39 is 11.8 Å². The highest BCUT2D eigenvalue weighted by Crippen LogP contribution is 2.15. The van der Waals surface area contributed by atoms with Crippen molar-refractivity contribution in [3.8, 4) is 0 Å². The summed E-state index contributed by atoms with van der Waals surface area (Å²) >= 11 is 0. The maximum atomic E-state index is 13.9. The first-order valence-corrected chi connectivity index (χ1v) is 6.60. The zero-order chi connectivity index (χ0) is 16.1. The number of hydrogen-bond donors (Lipinski definition) is 1. The summed E-state index contributed by atoms with van der Waals surface area (Å²) in [4.78, 5) is 11.7. The number of methoxy groups -OCH3 is 2. The number of rotatable bonds is 6. The topological polar surface area (TPSA) is 73.6 Å². The van der Waals surface area contributed by atoms with Crippen molar-refractivity contribution in [3.63, 3.8) is 0 Å². The van der Waals surface area contributed by atoms with Crippen molar-refractivity contribution in [1.82, 2.24) is 9.78 Å². The van der Waals surface area contributed by atoms with E-state index in [0.717, 1.165) is 0 Å². The minimum absolute atomic E-state index is 0.156. The van der Waals surface area contributed by atoms with Gasteiger partial charge in [-0.3, -0.25) is 4.68 Å². The lowest BCUT2D eigenvalue weighted by atomic mass is 10.1. The fraction of sp³-hybridized carbons (Fsp3) is 0.333. The lowest BCUT2D eigenvalue weighted by Gasteiger charge is -2.05. The van der Waals surface area contributed by atoms with E-state index in [1.807, 2.05) is 0 Å². The Hall–Kier alpha value is -2.25. The third kappa shape index (κ3) is 3.49. The molecule has 0 amide bonds. The predicted molar refractivity (Wildman–Crippen MR) is 75.7 cm³/mol. The molecule has 0 bridgehead atoms. The number of aliphatic hydroxyl groups excluding tert-OH is 1. The molecule has 118 valence electrons. The lowest BCUT2D eigenvalue weighted by molar-refractivity contribution is 0.0595. The Morgan fingerprint density at radius 2 is 2.18 bits per heavy atom. The van der Waals surface area contributed by atoms with Crippen LogP contribution in [0.5, 0.6) is 0 Å². The van der Waals surface area contributed by atoms with Gasteiger partial charge in [-0.1, -0.05) is 12.1 Å². The van der Waals surface area contributed by atoms with Gasteiger partial charge in [0.05, 0.1) is 26.9 Å². The quantitative estimate of drug-likeness (QED) is 0.819. The summed E-state index contributed by atoms with van der Waals surface area (Å²) in [5.74, 6) is -0.954. The lowest BCUT2D eigenvalue weighted by Crippen LogP contribution is -2.04. The normalized spacial score (nSPS) is 10.7. The molecule has 0 fully saturated rings. The Labute approximate surface area is 127 Å². The van der Waals surface area contributed by atoms with Gasteiger partial charge >= 0.3 is 5.97 Å². The fourth-order valence-corrected chi connectivity index (χ4v) is 2.06. The number of benzene rings is 1. The minimum atomic E-state index is -0.519. The maximum absolute atomic E-state index is 13.9. The van der Waals surface area contributed by atoms with Crippen LogP contribution in [0.3, 0.4) is 0 Å². The van der Waals surface area contributed by atoms with E-state index in [-0.39, 0.29) is 25.3 Å². The van der Waals surface area contributed by atoms with Gasteiger partial charge in [0.1, 0.15) is 17.1 Å². The van der Waals surface area contributed by atoms with Gasteiger partial charge in [0.15, 0.2) is 0 Å². The van der Waals surface area contributed by atoms with Gasteiger partial charge in [-0.25, -0.2) is 9.18 Å². The zero-order valence-corrected chi connectivity index (χ0v) is 12.4. The second-order valence-corrected chi connectivity index (χ2v) is 4.70. The molecule has 0 aliphatic carbocycles. The van der Waals surface area contributed by atoms with Crippen LogP contribution in [0.1, 0.15) is 27.2 Å². The molecule has 1 aromatic heterocycles. The molecule has 0 saturated carbocycles. The molecule has 1 heterocycles. The number of carbonyl (C=O) groups is 1. The summed E-state index contributed by atoms with van der Waals surface area (Å²) in [5, 5.41) is 13.2. The SMILES string of the molecule is COCc1nn(Cc2ccc(CO)cc2F)cc1C(=O)OC. The van der Waals surface area contributed by atoms with Crippen LogP contribution in [-0.4, -0.2) is 35.1 Å². The first kappa shape index (κ1) is 16.1. The molecule has 0 unspecified atom stereocenters. The number of aromatic nitrogens is 2. The average Bonchev–Trinajstić information content (AvgIpc) is 2.91. The van der Waals surface area contributed by atoms with Crippen molar-refractivity contribution in [2.45, 2.75) is 19.8 Å². The molecule has 2 aromatic rings. The monoisotopic (exact) mass is 308 g/mol. The number of carbonyl (C=O) groups excluding carboxylic acids is 1. The number of halogens is 1. The number of nitrogens with zero attached hydrogens (tertiary/aromatic N) is 2. The number of ether oxygens (including phenoxy) is 2. The predicted octanol–water partition coefficient (Wildman–Crippen LogP) is 1.50. The number of esters is 1. The van der Waals surface area contributed by atoms with Crippen LogP contribution in [-0.2, 0) is 29.2 Å². The molecular formula is C15H17FN2O4. The summed E-state index contributed by atoms with van der Waals surface area (Å²) in [6.45, 7) is 0.0953. The van der Waals surface area contributed by atoms with Crippen molar-refractivity contribution in [2.24, 2.45) is 0 Å². The van der Waals surface area contributed by atoms with Crippen LogP contribution in [0.2, 0.25) is 0 Å². The van der Waals surface area contributed by atoms with Gasteiger partial charge in [0.2, 0.25) is 0 Å². The van der Waals surface area contributed by atoms with E-state index in [9.17, 15) is 9.18 Å². The van der Waals surface area contributed by atoms with Gasteiger partial charge < -0.3 is 14.6 Å². The average molecular weight is 308 g/mol. The highest BCUT2D eigenvalue weighted by atomic mass is 19.1. The van der Waals surface area contributed by atoms with E-state index >= 15 is 0 Å². The van der Waals surface area contributed by atoms with E-state index in [1.165, 1.54) is 31.2 Å². The van der Waals surface area contributed by atoms with Crippen LogP contribution in [0.4, 0.5) is 4.39 Å². The van der Waals surface area contributed by atoms with Crippen molar-refractivity contribution < 1.29 is 23.8 Å². The third-order valence-electron chi connectivity index (χ3n) is 3.16. The smallest absolute Gasteiger partial charge is 0.341 e. The van der Waals surface area contributed by atoms with Gasteiger partial charge in [0, 0.05) is 18.9 Å². The van der Waals surface area contributed by atoms with E-state index in [4.69, 9.17) is 14.6 Å². The molecule has 0 aliphatic heterocycles. The third-order valence-corrected chi connectivity index (χ3v) is 3.16. The second-order valence-electron chi connectivity index (χ2n) is 4.70. The van der Waals surface area contributed by atoms with Crippen molar-refractivity contribution >= 4 is 5.97 Å². The molecular weight excluding hydrogens is 291 g/mol. The van der Waals surface area contributed by atoms with Gasteiger partial charge in [0.25, 0.3) is 0 Å². The summed E-state index contributed by atoms with van der Waals surface area (Å²) in [6, 6.07) is 4.49. The van der Waals surface area contributed by atoms with Gasteiger partial charge in [-0.05, 0) is 11.6 Å². The van der Waals surface area contributed by atoms with Crippen LogP contribution in [0.15, 0.2) is 24.4 Å². The van der Waals surface area contributed by atoms with E-state index in [0.29, 0.717) is 16.8 Å². The van der Waals surface area contributed by atoms with Crippen LogP contribution in [0, 0.1) is 5.82 Å². The first-order chi connectivity index (χ1) is 10.6. The second kappa shape index (κ2) is 7.15. The molecule has 7 heteroatoms. The standard InChI is InChI=1S/C15H17FN2O4/c1-21-9-14-12(15(20)22-2)7-18(17-14)6-11-4-3-10(8-19)5-13(11)16/h3-5,7,19H,6,8-9H2,1-2H3. The Balaban J connectivity index is 2.28. The minimum Gasteiger partial charge on any atom is -0.465 e. The van der Waals surface area contributed by atoms with E-state index in [1.54, 1.807) is 12.1 Å². The zero-order valence-electron chi connectivity index (χ0n) is 12.4. The van der Waals surface area contributed by atoms with Crippen molar-refractivity contribution in [2.75, 3.05) is 14.2 Å². The Morgan fingerprint density at radius 3 is 2.77 bits per heavy atom. The van der Waals surface area contributed by atoms with Gasteiger partial charge in [-0.15, -0.1) is 0 Å².